The summed E-state index contributed by atoms with van der Waals surface area (Å²) >= 11 is 10.8. The minimum atomic E-state index is -4.94. The van der Waals surface area contributed by atoms with E-state index < -0.39 is 56.8 Å². The number of benzene rings is 3. The van der Waals surface area contributed by atoms with Crippen molar-refractivity contribution in [3.63, 3.8) is 0 Å². The van der Waals surface area contributed by atoms with Crippen molar-refractivity contribution in [3.05, 3.63) is 99.5 Å². The van der Waals surface area contributed by atoms with Gasteiger partial charge in [-0.15, -0.1) is 0 Å². The molecule has 224 valence electrons. The Hall–Kier alpha value is -3.98. The monoisotopic (exact) mass is 648 g/mol. The average molecular weight is 649 g/mol. The highest BCUT2D eigenvalue weighted by Crippen LogP contribution is 2.39. The summed E-state index contributed by atoms with van der Waals surface area (Å²) in [5.74, 6) is -3.11. The van der Waals surface area contributed by atoms with E-state index in [4.69, 9.17) is 37.8 Å². The summed E-state index contributed by atoms with van der Waals surface area (Å²) in [6.07, 6.45) is -13.3. The van der Waals surface area contributed by atoms with Crippen molar-refractivity contribution in [2.24, 2.45) is 0 Å². The van der Waals surface area contributed by atoms with E-state index in [0.29, 0.717) is 24.3 Å². The number of hydrogen-bond donors (Lipinski definition) is 1. The molecule has 4 rings (SSSR count). The number of phenolic OH excluding ortho intramolecular Hbond substituents is 1. The van der Waals surface area contributed by atoms with Crippen molar-refractivity contribution < 1.29 is 58.5 Å². The largest absolute Gasteiger partial charge is 0.508 e. The van der Waals surface area contributed by atoms with E-state index in [9.17, 15) is 43.9 Å². The number of hydrogen-bond acceptors (Lipinski definition) is 5. The van der Waals surface area contributed by atoms with E-state index in [1.807, 2.05) is 0 Å². The zero-order valence-electron chi connectivity index (χ0n) is 20.0. The lowest BCUT2D eigenvalue weighted by atomic mass is 10.2. The van der Waals surface area contributed by atoms with Gasteiger partial charge in [0.15, 0.2) is 0 Å². The first-order valence-corrected chi connectivity index (χ1v) is 11.6. The fraction of sp³-hybridized carbons (Fsp3) is 0.120. The lowest BCUT2D eigenvalue weighted by molar-refractivity contribution is -0.140. The van der Waals surface area contributed by atoms with Crippen LogP contribution in [0, 0.1) is 5.82 Å². The number of halogens is 12. The van der Waals surface area contributed by atoms with Crippen LogP contribution >= 0.6 is 23.2 Å². The van der Waals surface area contributed by atoms with Crippen molar-refractivity contribution in [1.82, 2.24) is 9.97 Å². The Labute approximate surface area is 238 Å². The maximum Gasteiger partial charge on any atom is 0.419 e. The second kappa shape index (κ2) is 12.5. The van der Waals surface area contributed by atoms with E-state index >= 15 is 0 Å². The number of aromatic hydroxyl groups is 1. The summed E-state index contributed by atoms with van der Waals surface area (Å²) in [5.41, 5.74) is -3.69. The average Bonchev–Trinajstić information content (AvgIpc) is 2.86. The maximum absolute atomic E-state index is 13.3. The van der Waals surface area contributed by atoms with Crippen LogP contribution in [-0.4, -0.2) is 15.1 Å². The lowest BCUT2D eigenvalue weighted by Crippen LogP contribution is -2.08. The molecule has 0 fully saturated rings. The maximum atomic E-state index is 13.3. The van der Waals surface area contributed by atoms with Gasteiger partial charge in [0.05, 0.1) is 32.8 Å². The Kier molecular flexibility index (Phi) is 9.67. The van der Waals surface area contributed by atoms with Crippen molar-refractivity contribution in [2.45, 2.75) is 18.5 Å². The van der Waals surface area contributed by atoms with Gasteiger partial charge in [0, 0.05) is 0 Å². The molecule has 1 aromatic heterocycles. The summed E-state index contributed by atoms with van der Waals surface area (Å²) < 4.78 is 137. The van der Waals surface area contributed by atoms with Gasteiger partial charge in [-0.3, -0.25) is 0 Å². The van der Waals surface area contributed by atoms with E-state index in [1.165, 1.54) is 0 Å². The van der Waals surface area contributed by atoms with Gasteiger partial charge in [-0.2, -0.15) is 39.5 Å². The van der Waals surface area contributed by atoms with E-state index in [1.54, 1.807) is 0 Å². The molecule has 0 aliphatic carbocycles. The first kappa shape index (κ1) is 32.5. The summed E-state index contributed by atoms with van der Waals surface area (Å²) in [6.45, 7) is 0. The van der Waals surface area contributed by atoms with Crippen molar-refractivity contribution in [1.29, 1.82) is 0 Å². The molecule has 0 saturated carbocycles. The Balaban J connectivity index is 0.000000337. The minimum absolute atomic E-state index is 0.252. The minimum Gasteiger partial charge on any atom is -0.508 e. The third-order valence-corrected chi connectivity index (χ3v) is 5.46. The zero-order valence-corrected chi connectivity index (χ0v) is 21.6. The molecular formula is C25H12Cl2F10N2O3. The van der Waals surface area contributed by atoms with Crippen LogP contribution in [-0.2, 0) is 18.5 Å². The van der Waals surface area contributed by atoms with Crippen LogP contribution in [0.2, 0.25) is 10.0 Å². The molecule has 0 aliphatic rings. The molecule has 1 heterocycles. The predicted molar refractivity (Wildman–Crippen MR) is 128 cm³/mol. The van der Waals surface area contributed by atoms with Gasteiger partial charge >= 0.3 is 18.5 Å². The number of aromatic nitrogens is 2. The summed E-state index contributed by atoms with van der Waals surface area (Å²) in [5, 5.41) is 7.80. The zero-order chi connectivity index (χ0) is 31.5. The lowest BCUT2D eigenvalue weighted by Gasteiger charge is -2.12. The normalized spacial score (nSPS) is 11.9. The molecule has 0 spiro atoms. The van der Waals surface area contributed by atoms with Gasteiger partial charge in [-0.25, -0.2) is 14.4 Å². The highest BCUT2D eigenvalue weighted by atomic mass is 35.5. The van der Waals surface area contributed by atoms with E-state index in [0.717, 1.165) is 42.7 Å². The van der Waals surface area contributed by atoms with Gasteiger partial charge < -0.3 is 14.6 Å². The summed E-state index contributed by atoms with van der Waals surface area (Å²) in [6, 6.07) is 8.46. The third kappa shape index (κ3) is 8.76. The number of phenols is 1. The van der Waals surface area contributed by atoms with Gasteiger partial charge in [-0.05, 0) is 54.6 Å². The van der Waals surface area contributed by atoms with E-state index in [2.05, 4.69) is 9.97 Å². The van der Waals surface area contributed by atoms with Crippen LogP contribution in [0.1, 0.15) is 16.7 Å². The highest BCUT2D eigenvalue weighted by molar-refractivity contribution is 6.31. The SMILES string of the molecule is Fc1ccc(Oc2cc(Oc3ccc(Cl)c(C(F)(F)F)c3)ncn2)cc1C(F)(F)F.Oc1ccc(Cl)c(C(F)(F)F)c1. The molecule has 17 heteroatoms. The smallest absolute Gasteiger partial charge is 0.419 e. The molecule has 0 bridgehead atoms. The van der Waals surface area contributed by atoms with Crippen molar-refractivity contribution in [3.8, 4) is 29.0 Å². The molecule has 5 nitrogen and oxygen atoms in total. The first-order chi connectivity index (χ1) is 19.3. The van der Waals surface area contributed by atoms with Crippen LogP contribution in [0.25, 0.3) is 0 Å². The van der Waals surface area contributed by atoms with E-state index in [-0.39, 0.29) is 23.3 Å². The summed E-state index contributed by atoms with van der Waals surface area (Å²) in [7, 11) is 0. The Morgan fingerprint density at radius 2 is 1.00 bits per heavy atom. The first-order valence-electron chi connectivity index (χ1n) is 10.8. The molecule has 1 N–H and O–H groups in total. The van der Waals surface area contributed by atoms with Gasteiger partial charge in [0.25, 0.3) is 0 Å². The molecule has 3 aromatic carbocycles. The Bertz CT molecular complexity index is 1480. The summed E-state index contributed by atoms with van der Waals surface area (Å²) in [4.78, 5) is 7.37. The van der Waals surface area contributed by atoms with Crippen LogP contribution in [0.15, 0.2) is 67.0 Å². The van der Waals surface area contributed by atoms with Gasteiger partial charge in [-0.1, -0.05) is 23.2 Å². The van der Waals surface area contributed by atoms with Gasteiger partial charge in [0.2, 0.25) is 11.8 Å². The number of rotatable bonds is 4. The Morgan fingerprint density at radius 3 is 1.48 bits per heavy atom. The predicted octanol–water partition coefficient (Wildman–Crippen LogP) is 9.96. The number of alkyl halides is 9. The van der Waals surface area contributed by atoms with Gasteiger partial charge in [0.1, 0.15) is 29.4 Å². The Morgan fingerprint density at radius 1 is 0.571 bits per heavy atom. The highest BCUT2D eigenvalue weighted by Gasteiger charge is 2.35. The third-order valence-electron chi connectivity index (χ3n) is 4.80. The standard InChI is InChI=1S/C18H8ClF7N2O2.C7H4ClF3O/c19-13-3-1-9(5-11(13)17(21,22)23)29-15-7-16(28-8-27-15)30-10-2-4-14(20)12(6-10)18(24,25)26;8-6-2-1-4(12)3-5(6)7(9,10)11/h1-8H;1-3,12H. The molecule has 0 radical (unpaired) electrons. The number of nitrogens with zero attached hydrogens (tertiary/aromatic N) is 2. The van der Waals surface area contributed by atoms with Crippen LogP contribution < -0.4 is 9.47 Å². The van der Waals surface area contributed by atoms with Crippen molar-refractivity contribution >= 4 is 23.2 Å². The number of ether oxygens (including phenoxy) is 2. The molecule has 0 aliphatic heterocycles. The molecule has 0 saturated heterocycles. The second-order valence-electron chi connectivity index (χ2n) is 7.84. The molecule has 42 heavy (non-hydrogen) atoms. The van der Waals surface area contributed by atoms with Crippen molar-refractivity contribution in [2.75, 3.05) is 0 Å². The van der Waals surface area contributed by atoms with Crippen LogP contribution in [0.3, 0.4) is 0 Å². The van der Waals surface area contributed by atoms with Crippen LogP contribution in [0.4, 0.5) is 43.9 Å². The van der Waals surface area contributed by atoms with Crippen LogP contribution in [0.5, 0.6) is 29.0 Å². The quantitative estimate of drug-likeness (QED) is 0.223. The molecule has 0 amide bonds. The topological polar surface area (TPSA) is 64.5 Å². The molecule has 0 unspecified atom stereocenters. The fourth-order valence-electron chi connectivity index (χ4n) is 2.98. The fourth-order valence-corrected chi connectivity index (χ4v) is 3.43. The molecule has 4 aromatic rings. The second-order valence-corrected chi connectivity index (χ2v) is 8.65. The molecule has 0 atom stereocenters. The molecular weight excluding hydrogens is 637 g/mol.